The topological polar surface area (TPSA) is 30.5 Å². The van der Waals surface area contributed by atoms with Crippen molar-refractivity contribution in [1.29, 1.82) is 0 Å². The lowest BCUT2D eigenvalue weighted by atomic mass is 10.2. The van der Waals surface area contributed by atoms with E-state index in [4.69, 9.17) is 21.1 Å². The molecule has 1 unspecified atom stereocenters. The van der Waals surface area contributed by atoms with Crippen LogP contribution in [-0.2, 0) is 0 Å². The van der Waals surface area contributed by atoms with Crippen LogP contribution in [0.4, 0.5) is 5.69 Å². The van der Waals surface area contributed by atoms with Crippen LogP contribution in [0.25, 0.3) is 0 Å². The molecule has 3 nitrogen and oxygen atoms in total. The number of rotatable bonds is 5. The highest BCUT2D eigenvalue weighted by Crippen LogP contribution is 2.39. The highest BCUT2D eigenvalue weighted by molar-refractivity contribution is 6.33. The van der Waals surface area contributed by atoms with Crippen LogP contribution in [0, 0.1) is 5.92 Å². The van der Waals surface area contributed by atoms with E-state index >= 15 is 0 Å². The van der Waals surface area contributed by atoms with Gasteiger partial charge >= 0.3 is 0 Å². The molecule has 0 bridgehead atoms. The molecule has 1 fully saturated rings. The quantitative estimate of drug-likeness (QED) is 0.873. The monoisotopic (exact) mass is 255 g/mol. The summed E-state index contributed by atoms with van der Waals surface area (Å²) in [6, 6.07) is 4.12. The fourth-order valence-corrected chi connectivity index (χ4v) is 2.13. The van der Waals surface area contributed by atoms with Crippen LogP contribution in [0.15, 0.2) is 12.1 Å². The van der Waals surface area contributed by atoms with Crippen LogP contribution in [0.5, 0.6) is 11.5 Å². The largest absolute Gasteiger partial charge is 0.493 e. The molecule has 1 N–H and O–H groups in total. The zero-order valence-corrected chi connectivity index (χ0v) is 11.2. The zero-order valence-electron chi connectivity index (χ0n) is 10.4. The molecule has 1 atom stereocenters. The Kier molecular flexibility index (Phi) is 3.67. The van der Waals surface area contributed by atoms with Crippen LogP contribution >= 0.6 is 11.6 Å². The van der Waals surface area contributed by atoms with Gasteiger partial charge in [-0.15, -0.1) is 0 Å². The smallest absolute Gasteiger partial charge is 0.162 e. The first-order valence-corrected chi connectivity index (χ1v) is 6.21. The first-order valence-electron chi connectivity index (χ1n) is 5.83. The number of halogens is 1. The Morgan fingerprint density at radius 3 is 2.35 bits per heavy atom. The number of hydrogen-bond acceptors (Lipinski definition) is 3. The van der Waals surface area contributed by atoms with Crippen molar-refractivity contribution in [1.82, 2.24) is 0 Å². The SMILES string of the molecule is COc1cc(Cl)c(NC(C)C2CC2)cc1OC. The molecule has 2 rings (SSSR count). The summed E-state index contributed by atoms with van der Waals surface area (Å²) in [4.78, 5) is 0. The highest BCUT2D eigenvalue weighted by atomic mass is 35.5. The summed E-state index contributed by atoms with van der Waals surface area (Å²) in [6.07, 6.45) is 2.61. The summed E-state index contributed by atoms with van der Waals surface area (Å²) < 4.78 is 10.5. The summed E-state index contributed by atoms with van der Waals surface area (Å²) in [6.45, 7) is 2.19. The van der Waals surface area contributed by atoms with Gasteiger partial charge in [0, 0.05) is 18.2 Å². The Bertz CT molecular complexity index is 405. The second-order valence-electron chi connectivity index (χ2n) is 4.46. The van der Waals surface area contributed by atoms with Gasteiger partial charge in [-0.3, -0.25) is 0 Å². The molecule has 0 spiro atoms. The third-order valence-corrected chi connectivity index (χ3v) is 3.50. The maximum atomic E-state index is 6.21. The van der Waals surface area contributed by atoms with Crippen molar-refractivity contribution in [2.45, 2.75) is 25.8 Å². The minimum Gasteiger partial charge on any atom is -0.493 e. The normalized spacial score (nSPS) is 16.5. The predicted octanol–water partition coefficient (Wildman–Crippen LogP) is 3.57. The van der Waals surface area contributed by atoms with E-state index in [1.54, 1.807) is 20.3 Å². The van der Waals surface area contributed by atoms with Gasteiger partial charge in [0.1, 0.15) is 0 Å². The van der Waals surface area contributed by atoms with Crippen molar-refractivity contribution in [3.05, 3.63) is 17.2 Å². The summed E-state index contributed by atoms with van der Waals surface area (Å²) in [5.41, 5.74) is 0.906. The molecule has 1 aromatic carbocycles. The molecule has 17 heavy (non-hydrogen) atoms. The van der Waals surface area contributed by atoms with E-state index in [-0.39, 0.29) is 0 Å². The van der Waals surface area contributed by atoms with Gasteiger partial charge in [-0.1, -0.05) is 11.6 Å². The van der Waals surface area contributed by atoms with Gasteiger partial charge in [-0.2, -0.15) is 0 Å². The summed E-state index contributed by atoms with van der Waals surface area (Å²) in [5, 5.41) is 4.09. The van der Waals surface area contributed by atoms with E-state index in [1.807, 2.05) is 6.07 Å². The molecule has 4 heteroatoms. The summed E-state index contributed by atoms with van der Waals surface area (Å²) >= 11 is 6.21. The lowest BCUT2D eigenvalue weighted by Gasteiger charge is -2.17. The second-order valence-corrected chi connectivity index (χ2v) is 4.86. The number of anilines is 1. The van der Waals surface area contributed by atoms with E-state index in [9.17, 15) is 0 Å². The predicted molar refractivity (Wildman–Crippen MR) is 70.4 cm³/mol. The molecule has 1 aliphatic carbocycles. The highest BCUT2D eigenvalue weighted by Gasteiger charge is 2.28. The van der Waals surface area contributed by atoms with Crippen LogP contribution < -0.4 is 14.8 Å². The number of nitrogens with one attached hydrogen (secondary N) is 1. The number of hydrogen-bond donors (Lipinski definition) is 1. The van der Waals surface area contributed by atoms with Gasteiger partial charge in [0.15, 0.2) is 11.5 Å². The van der Waals surface area contributed by atoms with Crippen molar-refractivity contribution in [2.75, 3.05) is 19.5 Å². The second kappa shape index (κ2) is 5.05. The van der Waals surface area contributed by atoms with E-state index in [0.29, 0.717) is 22.6 Å². The molecule has 0 aliphatic heterocycles. The van der Waals surface area contributed by atoms with Crippen LogP contribution in [0.1, 0.15) is 19.8 Å². The molecular formula is C13H18ClNO2. The summed E-state index contributed by atoms with van der Waals surface area (Å²) in [7, 11) is 3.23. The van der Waals surface area contributed by atoms with Gasteiger partial charge in [0.25, 0.3) is 0 Å². The van der Waals surface area contributed by atoms with E-state index in [1.165, 1.54) is 12.8 Å². The van der Waals surface area contributed by atoms with Gasteiger partial charge in [0.2, 0.25) is 0 Å². The van der Waals surface area contributed by atoms with Gasteiger partial charge < -0.3 is 14.8 Å². The Hall–Kier alpha value is -1.09. The Morgan fingerprint density at radius 1 is 1.24 bits per heavy atom. The molecular weight excluding hydrogens is 238 g/mol. The fraction of sp³-hybridized carbons (Fsp3) is 0.538. The number of ether oxygens (including phenoxy) is 2. The molecule has 0 radical (unpaired) electrons. The van der Waals surface area contributed by atoms with E-state index in [0.717, 1.165) is 11.6 Å². The third kappa shape index (κ3) is 2.78. The first-order chi connectivity index (χ1) is 8.15. The Labute approximate surface area is 107 Å². The zero-order chi connectivity index (χ0) is 12.4. The van der Waals surface area contributed by atoms with Gasteiger partial charge in [-0.25, -0.2) is 0 Å². The molecule has 94 valence electrons. The maximum Gasteiger partial charge on any atom is 0.162 e. The molecule has 0 amide bonds. The Balaban J connectivity index is 2.20. The minimum absolute atomic E-state index is 0.450. The number of benzene rings is 1. The van der Waals surface area contributed by atoms with Gasteiger partial charge in [0.05, 0.1) is 24.9 Å². The lowest BCUT2D eigenvalue weighted by Crippen LogP contribution is -2.17. The van der Waals surface area contributed by atoms with Crippen molar-refractivity contribution in [2.24, 2.45) is 5.92 Å². The van der Waals surface area contributed by atoms with Crippen molar-refractivity contribution in [3.8, 4) is 11.5 Å². The fourth-order valence-electron chi connectivity index (χ4n) is 1.92. The number of methoxy groups -OCH3 is 2. The van der Waals surface area contributed by atoms with Crippen LogP contribution in [-0.4, -0.2) is 20.3 Å². The van der Waals surface area contributed by atoms with Crippen molar-refractivity contribution in [3.63, 3.8) is 0 Å². The minimum atomic E-state index is 0.450. The molecule has 1 aliphatic rings. The molecule has 0 heterocycles. The summed E-state index contributed by atoms with van der Waals surface area (Å²) in [5.74, 6) is 2.13. The van der Waals surface area contributed by atoms with Crippen LogP contribution in [0.3, 0.4) is 0 Å². The molecule has 1 saturated carbocycles. The standard InChI is InChI=1S/C13H18ClNO2/c1-8(9-4-5-9)15-11-7-13(17-3)12(16-2)6-10(11)14/h6-9,15H,4-5H2,1-3H3. The molecule has 0 aromatic heterocycles. The molecule has 1 aromatic rings. The van der Waals surface area contributed by atoms with Crippen molar-refractivity contribution < 1.29 is 9.47 Å². The molecule has 0 saturated heterocycles. The average Bonchev–Trinajstić information content (AvgIpc) is 3.15. The first kappa shape index (κ1) is 12.4. The van der Waals surface area contributed by atoms with Crippen molar-refractivity contribution >= 4 is 17.3 Å². The maximum absolute atomic E-state index is 6.21. The van der Waals surface area contributed by atoms with E-state index in [2.05, 4.69) is 12.2 Å². The third-order valence-electron chi connectivity index (χ3n) is 3.19. The van der Waals surface area contributed by atoms with E-state index < -0.39 is 0 Å². The lowest BCUT2D eigenvalue weighted by molar-refractivity contribution is 0.355. The average molecular weight is 256 g/mol. The Morgan fingerprint density at radius 2 is 1.82 bits per heavy atom. The van der Waals surface area contributed by atoms with Crippen LogP contribution in [0.2, 0.25) is 5.02 Å². The van der Waals surface area contributed by atoms with Gasteiger partial charge in [-0.05, 0) is 25.7 Å².